The van der Waals surface area contributed by atoms with Gasteiger partial charge in [0.05, 0.1) is 35.7 Å². The molecule has 1 aliphatic rings. The lowest BCUT2D eigenvalue weighted by Crippen LogP contribution is -2.20. The first-order chi connectivity index (χ1) is 9.63. The highest BCUT2D eigenvalue weighted by Gasteiger charge is 2.30. The Kier molecular flexibility index (Phi) is 3.09. The van der Waals surface area contributed by atoms with Crippen molar-refractivity contribution in [3.05, 3.63) is 30.0 Å². The number of rotatable bonds is 3. The molecule has 0 radical (unpaired) electrons. The van der Waals surface area contributed by atoms with Crippen molar-refractivity contribution in [2.45, 2.75) is 25.7 Å². The molecular formula is C13H16N6O. The maximum absolute atomic E-state index is 11.9. The van der Waals surface area contributed by atoms with Crippen LogP contribution in [-0.4, -0.2) is 25.8 Å². The quantitative estimate of drug-likeness (QED) is 0.895. The first-order valence-electron chi connectivity index (χ1n) is 6.52. The van der Waals surface area contributed by atoms with E-state index in [1.54, 1.807) is 12.4 Å². The van der Waals surface area contributed by atoms with Crippen molar-refractivity contribution in [3.8, 4) is 0 Å². The molecule has 2 heterocycles. The van der Waals surface area contributed by atoms with Gasteiger partial charge in [0, 0.05) is 13.0 Å². The zero-order valence-corrected chi connectivity index (χ0v) is 11.4. The average Bonchev–Trinajstić information content (AvgIpc) is 3.18. The third-order valence-electron chi connectivity index (χ3n) is 3.22. The molecular weight excluding hydrogens is 256 g/mol. The maximum atomic E-state index is 11.9. The third-order valence-corrected chi connectivity index (χ3v) is 3.22. The number of hydrogen-bond acceptors (Lipinski definition) is 4. The molecule has 2 amide bonds. The van der Waals surface area contributed by atoms with Gasteiger partial charge in [0.2, 0.25) is 0 Å². The van der Waals surface area contributed by atoms with E-state index in [4.69, 9.17) is 0 Å². The summed E-state index contributed by atoms with van der Waals surface area (Å²) in [5.41, 5.74) is 2.64. The number of hydrogen-bond donors (Lipinski definition) is 2. The Morgan fingerprint density at radius 2 is 2.05 bits per heavy atom. The molecule has 0 spiro atoms. The summed E-state index contributed by atoms with van der Waals surface area (Å²) >= 11 is 0. The van der Waals surface area contributed by atoms with Gasteiger partial charge in [0.15, 0.2) is 5.82 Å². The van der Waals surface area contributed by atoms with Gasteiger partial charge in [-0.15, -0.1) is 0 Å². The second-order valence-electron chi connectivity index (χ2n) is 4.96. The summed E-state index contributed by atoms with van der Waals surface area (Å²) in [6.45, 7) is 1.84. The summed E-state index contributed by atoms with van der Waals surface area (Å²) in [4.78, 5) is 20.1. The van der Waals surface area contributed by atoms with Crippen LogP contribution < -0.4 is 10.6 Å². The van der Waals surface area contributed by atoms with Crippen molar-refractivity contribution in [3.63, 3.8) is 0 Å². The van der Waals surface area contributed by atoms with Crippen molar-refractivity contribution in [1.82, 2.24) is 19.7 Å². The summed E-state index contributed by atoms with van der Waals surface area (Å²) in [5, 5.41) is 9.66. The zero-order chi connectivity index (χ0) is 14.1. The molecule has 0 bridgehead atoms. The molecule has 1 saturated carbocycles. The molecule has 0 unspecified atom stereocenters. The Bertz CT molecular complexity index is 629. The van der Waals surface area contributed by atoms with E-state index in [2.05, 4.69) is 25.7 Å². The fourth-order valence-electron chi connectivity index (χ4n) is 2.11. The molecule has 20 heavy (non-hydrogen) atoms. The van der Waals surface area contributed by atoms with E-state index >= 15 is 0 Å². The average molecular weight is 272 g/mol. The number of urea groups is 1. The molecule has 7 heteroatoms. The van der Waals surface area contributed by atoms with E-state index in [0.29, 0.717) is 11.7 Å². The molecule has 1 fully saturated rings. The summed E-state index contributed by atoms with van der Waals surface area (Å²) < 4.78 is 1.82. The predicted molar refractivity (Wildman–Crippen MR) is 74.6 cm³/mol. The zero-order valence-electron chi connectivity index (χ0n) is 11.4. The Balaban J connectivity index is 1.68. The minimum absolute atomic E-state index is 0.335. The molecule has 3 rings (SSSR count). The number of nitrogens with one attached hydrogen (secondary N) is 2. The highest BCUT2D eigenvalue weighted by atomic mass is 16.2. The SMILES string of the molecule is Cc1cnc(NC(=O)Nc2cnn(C)c2C2CC2)cn1. The van der Waals surface area contributed by atoms with Gasteiger partial charge in [-0.3, -0.25) is 15.0 Å². The predicted octanol–water partition coefficient (Wildman–Crippen LogP) is 2.04. The highest BCUT2D eigenvalue weighted by molar-refractivity contribution is 5.99. The second kappa shape index (κ2) is 4.92. The standard InChI is InChI=1S/C13H16N6O/c1-8-5-15-11(7-14-8)18-13(20)17-10-6-16-19(2)12(10)9-3-4-9/h5-7,9H,3-4H2,1-2H3,(H2,15,17,18,20). The molecule has 104 valence electrons. The van der Waals surface area contributed by atoms with Crippen molar-refractivity contribution in [2.75, 3.05) is 10.6 Å². The smallest absolute Gasteiger partial charge is 0.305 e. The van der Waals surface area contributed by atoms with Crippen LogP contribution in [0.15, 0.2) is 18.6 Å². The van der Waals surface area contributed by atoms with Gasteiger partial charge in [-0.05, 0) is 19.8 Å². The largest absolute Gasteiger partial charge is 0.324 e. The van der Waals surface area contributed by atoms with Crippen LogP contribution in [0.4, 0.5) is 16.3 Å². The molecule has 2 aromatic rings. The number of anilines is 2. The highest BCUT2D eigenvalue weighted by Crippen LogP contribution is 2.43. The van der Waals surface area contributed by atoms with E-state index < -0.39 is 0 Å². The van der Waals surface area contributed by atoms with Crippen molar-refractivity contribution < 1.29 is 4.79 Å². The summed E-state index contributed by atoms with van der Waals surface area (Å²) in [5.74, 6) is 0.932. The first kappa shape index (κ1) is 12.6. The molecule has 7 nitrogen and oxygen atoms in total. The van der Waals surface area contributed by atoms with Crippen LogP contribution in [0.5, 0.6) is 0 Å². The van der Waals surface area contributed by atoms with E-state index in [0.717, 1.165) is 29.9 Å². The van der Waals surface area contributed by atoms with E-state index in [1.807, 2.05) is 18.7 Å². The Labute approximate surface area is 116 Å². The molecule has 0 atom stereocenters. The van der Waals surface area contributed by atoms with Gasteiger partial charge >= 0.3 is 6.03 Å². The van der Waals surface area contributed by atoms with E-state index in [1.165, 1.54) is 6.20 Å². The van der Waals surface area contributed by atoms with Crippen molar-refractivity contribution >= 4 is 17.5 Å². The number of nitrogens with zero attached hydrogens (tertiary/aromatic N) is 4. The van der Waals surface area contributed by atoms with Crippen LogP contribution in [0, 0.1) is 6.92 Å². The van der Waals surface area contributed by atoms with Crippen molar-refractivity contribution in [1.29, 1.82) is 0 Å². The second-order valence-corrected chi connectivity index (χ2v) is 4.96. The van der Waals surface area contributed by atoms with Crippen LogP contribution in [-0.2, 0) is 7.05 Å². The van der Waals surface area contributed by atoms with Gasteiger partial charge < -0.3 is 5.32 Å². The lowest BCUT2D eigenvalue weighted by Gasteiger charge is -2.08. The van der Waals surface area contributed by atoms with Crippen LogP contribution in [0.2, 0.25) is 0 Å². The fraction of sp³-hybridized carbons (Fsp3) is 0.385. The number of amides is 2. The molecule has 2 N–H and O–H groups in total. The van der Waals surface area contributed by atoms with Gasteiger partial charge in [-0.1, -0.05) is 0 Å². The van der Waals surface area contributed by atoms with E-state index in [-0.39, 0.29) is 6.03 Å². The summed E-state index contributed by atoms with van der Waals surface area (Å²) in [6, 6.07) is -0.335. The molecule has 0 saturated heterocycles. The topological polar surface area (TPSA) is 84.7 Å². The van der Waals surface area contributed by atoms with E-state index in [9.17, 15) is 4.79 Å². The number of carbonyl (C=O) groups is 1. The van der Waals surface area contributed by atoms with Gasteiger partial charge in [0.1, 0.15) is 0 Å². The molecule has 0 aromatic carbocycles. The normalized spacial score (nSPS) is 14.1. The molecule has 1 aliphatic carbocycles. The van der Waals surface area contributed by atoms with Crippen LogP contribution in [0.25, 0.3) is 0 Å². The number of aromatic nitrogens is 4. The third kappa shape index (κ3) is 2.61. The minimum Gasteiger partial charge on any atom is -0.305 e. The van der Waals surface area contributed by atoms with Crippen LogP contribution >= 0.6 is 0 Å². The van der Waals surface area contributed by atoms with Crippen LogP contribution in [0.1, 0.15) is 30.1 Å². The minimum atomic E-state index is -0.335. The molecule has 0 aliphatic heterocycles. The number of carbonyl (C=O) groups excluding carboxylic acids is 1. The lowest BCUT2D eigenvalue weighted by molar-refractivity contribution is 0.262. The summed E-state index contributed by atoms with van der Waals surface area (Å²) in [7, 11) is 1.89. The Morgan fingerprint density at radius 3 is 2.70 bits per heavy atom. The lowest BCUT2D eigenvalue weighted by atomic mass is 10.2. The monoisotopic (exact) mass is 272 g/mol. The fourth-order valence-corrected chi connectivity index (χ4v) is 2.11. The maximum Gasteiger partial charge on any atom is 0.324 e. The van der Waals surface area contributed by atoms with Gasteiger partial charge in [-0.25, -0.2) is 9.78 Å². The molecule has 2 aromatic heterocycles. The van der Waals surface area contributed by atoms with Gasteiger partial charge in [-0.2, -0.15) is 5.10 Å². The Morgan fingerprint density at radius 1 is 1.25 bits per heavy atom. The summed E-state index contributed by atoms with van der Waals surface area (Å²) in [6.07, 6.45) is 7.11. The first-order valence-corrected chi connectivity index (χ1v) is 6.52. The Hall–Kier alpha value is -2.44. The van der Waals surface area contributed by atoms with Crippen molar-refractivity contribution in [2.24, 2.45) is 7.05 Å². The van der Waals surface area contributed by atoms with Crippen LogP contribution in [0.3, 0.4) is 0 Å². The number of aryl methyl sites for hydroxylation is 2. The van der Waals surface area contributed by atoms with Gasteiger partial charge in [0.25, 0.3) is 0 Å².